The number of hydrogen-bond acceptors (Lipinski definition) is 4. The standard InChI is InChI=1S/C20H24N2O4S/c23-20(21-14-16-6-2-1-3-7-16)15-26-18-10-12-19(13-11-18)27(24,25)22-17-8-4-5-9-17/h1-3,6-7,10-13,17,22H,4-5,8-9,14-15H2,(H,21,23). The summed E-state index contributed by atoms with van der Waals surface area (Å²) in [6.45, 7) is 0.312. The molecule has 1 aliphatic rings. The Morgan fingerprint density at radius 1 is 1.00 bits per heavy atom. The molecular weight excluding hydrogens is 364 g/mol. The van der Waals surface area contributed by atoms with E-state index in [2.05, 4.69) is 10.0 Å². The van der Waals surface area contributed by atoms with Crippen LogP contribution in [-0.4, -0.2) is 27.0 Å². The van der Waals surface area contributed by atoms with Crippen LogP contribution in [0.2, 0.25) is 0 Å². The van der Waals surface area contributed by atoms with Crippen molar-refractivity contribution >= 4 is 15.9 Å². The van der Waals surface area contributed by atoms with Gasteiger partial charge >= 0.3 is 0 Å². The monoisotopic (exact) mass is 388 g/mol. The molecule has 0 heterocycles. The van der Waals surface area contributed by atoms with Crippen molar-refractivity contribution in [2.75, 3.05) is 6.61 Å². The van der Waals surface area contributed by atoms with Gasteiger partial charge in [-0.1, -0.05) is 43.2 Å². The van der Waals surface area contributed by atoms with Crippen LogP contribution in [0.15, 0.2) is 59.5 Å². The van der Waals surface area contributed by atoms with Crippen molar-refractivity contribution in [1.29, 1.82) is 0 Å². The first-order valence-electron chi connectivity index (χ1n) is 9.09. The highest BCUT2D eigenvalue weighted by Crippen LogP contribution is 2.21. The van der Waals surface area contributed by atoms with Gasteiger partial charge in [0.15, 0.2) is 6.61 Å². The molecule has 0 atom stereocenters. The van der Waals surface area contributed by atoms with Gasteiger partial charge in [0, 0.05) is 12.6 Å². The fourth-order valence-electron chi connectivity index (χ4n) is 3.04. The minimum Gasteiger partial charge on any atom is -0.484 e. The fourth-order valence-corrected chi connectivity index (χ4v) is 4.35. The lowest BCUT2D eigenvalue weighted by atomic mass is 10.2. The molecule has 0 unspecified atom stereocenters. The predicted octanol–water partition coefficient (Wildman–Crippen LogP) is 2.60. The summed E-state index contributed by atoms with van der Waals surface area (Å²) in [6.07, 6.45) is 3.90. The highest BCUT2D eigenvalue weighted by Gasteiger charge is 2.22. The molecule has 0 radical (unpaired) electrons. The van der Waals surface area contributed by atoms with E-state index in [1.165, 1.54) is 12.1 Å². The summed E-state index contributed by atoms with van der Waals surface area (Å²) in [6, 6.07) is 15.7. The number of ether oxygens (including phenoxy) is 1. The molecule has 1 amide bonds. The van der Waals surface area contributed by atoms with E-state index in [1.807, 2.05) is 30.3 Å². The Balaban J connectivity index is 1.47. The number of amides is 1. The van der Waals surface area contributed by atoms with Crippen LogP contribution in [0.1, 0.15) is 31.2 Å². The van der Waals surface area contributed by atoms with Crippen molar-refractivity contribution in [3.63, 3.8) is 0 Å². The van der Waals surface area contributed by atoms with Crippen LogP contribution in [0, 0.1) is 0 Å². The van der Waals surface area contributed by atoms with E-state index in [1.54, 1.807) is 12.1 Å². The van der Waals surface area contributed by atoms with Crippen molar-refractivity contribution in [3.05, 3.63) is 60.2 Å². The van der Waals surface area contributed by atoms with E-state index in [9.17, 15) is 13.2 Å². The second kappa shape index (κ2) is 9.01. The number of carbonyl (C=O) groups excluding carboxylic acids is 1. The van der Waals surface area contributed by atoms with Gasteiger partial charge in [-0.25, -0.2) is 13.1 Å². The zero-order chi connectivity index (χ0) is 19.1. The summed E-state index contributed by atoms with van der Waals surface area (Å²) in [7, 11) is -3.52. The third-order valence-corrected chi connectivity index (χ3v) is 6.05. The normalized spacial score (nSPS) is 14.8. The second-order valence-electron chi connectivity index (χ2n) is 6.63. The third-order valence-electron chi connectivity index (χ3n) is 4.51. The van der Waals surface area contributed by atoms with Gasteiger partial charge in [-0.15, -0.1) is 0 Å². The lowest BCUT2D eigenvalue weighted by Crippen LogP contribution is -2.32. The van der Waals surface area contributed by atoms with Crippen LogP contribution in [0.5, 0.6) is 5.75 Å². The Hall–Kier alpha value is -2.38. The number of carbonyl (C=O) groups is 1. The van der Waals surface area contributed by atoms with Crippen LogP contribution < -0.4 is 14.8 Å². The van der Waals surface area contributed by atoms with Crippen LogP contribution in [0.4, 0.5) is 0 Å². The molecule has 0 bridgehead atoms. The van der Waals surface area contributed by atoms with Crippen LogP contribution in [0.25, 0.3) is 0 Å². The summed E-state index contributed by atoms with van der Waals surface area (Å²) >= 11 is 0. The molecular formula is C20H24N2O4S. The molecule has 1 saturated carbocycles. The van der Waals surface area contributed by atoms with Gasteiger partial charge < -0.3 is 10.1 Å². The average molecular weight is 388 g/mol. The maximum Gasteiger partial charge on any atom is 0.258 e. The van der Waals surface area contributed by atoms with Gasteiger partial charge in [-0.2, -0.15) is 0 Å². The van der Waals surface area contributed by atoms with E-state index in [0.717, 1.165) is 31.2 Å². The number of nitrogens with one attached hydrogen (secondary N) is 2. The van der Waals surface area contributed by atoms with Gasteiger partial charge in [0.25, 0.3) is 5.91 Å². The molecule has 1 aliphatic carbocycles. The lowest BCUT2D eigenvalue weighted by Gasteiger charge is -2.13. The number of benzene rings is 2. The van der Waals surface area contributed by atoms with Gasteiger partial charge in [-0.05, 0) is 42.7 Å². The van der Waals surface area contributed by atoms with E-state index < -0.39 is 10.0 Å². The minimum atomic E-state index is -3.52. The third kappa shape index (κ3) is 5.80. The van der Waals surface area contributed by atoms with Crippen molar-refractivity contribution < 1.29 is 17.9 Å². The maximum absolute atomic E-state index is 12.4. The zero-order valence-electron chi connectivity index (χ0n) is 15.1. The molecule has 6 nitrogen and oxygen atoms in total. The first-order chi connectivity index (χ1) is 13.0. The van der Waals surface area contributed by atoms with Gasteiger partial charge in [-0.3, -0.25) is 4.79 Å². The maximum atomic E-state index is 12.4. The molecule has 2 N–H and O–H groups in total. The number of rotatable bonds is 8. The number of hydrogen-bond donors (Lipinski definition) is 2. The van der Waals surface area contributed by atoms with Gasteiger partial charge in [0.05, 0.1) is 4.90 Å². The summed E-state index contributed by atoms with van der Waals surface area (Å²) in [5.41, 5.74) is 1.01. The highest BCUT2D eigenvalue weighted by atomic mass is 32.2. The largest absolute Gasteiger partial charge is 0.484 e. The highest BCUT2D eigenvalue weighted by molar-refractivity contribution is 7.89. The topological polar surface area (TPSA) is 84.5 Å². The Morgan fingerprint density at radius 2 is 1.67 bits per heavy atom. The molecule has 0 spiro atoms. The van der Waals surface area contributed by atoms with Crippen molar-refractivity contribution in [2.45, 2.75) is 43.2 Å². The van der Waals surface area contributed by atoms with Gasteiger partial charge in [0.1, 0.15) is 5.75 Å². The van der Waals surface area contributed by atoms with Crippen LogP contribution in [-0.2, 0) is 21.4 Å². The summed E-state index contributed by atoms with van der Waals surface area (Å²) < 4.78 is 32.9. The molecule has 0 saturated heterocycles. The Morgan fingerprint density at radius 3 is 2.33 bits per heavy atom. The Bertz CT molecular complexity index is 845. The van der Waals surface area contributed by atoms with Crippen LogP contribution in [0.3, 0.4) is 0 Å². The summed E-state index contributed by atoms with van der Waals surface area (Å²) in [4.78, 5) is 12.1. The quantitative estimate of drug-likeness (QED) is 0.728. The molecule has 3 rings (SSSR count). The molecule has 7 heteroatoms. The Kier molecular flexibility index (Phi) is 6.47. The molecule has 144 valence electrons. The smallest absolute Gasteiger partial charge is 0.258 e. The van der Waals surface area contributed by atoms with E-state index in [4.69, 9.17) is 4.74 Å². The van der Waals surface area contributed by atoms with Gasteiger partial charge in [0.2, 0.25) is 10.0 Å². The zero-order valence-corrected chi connectivity index (χ0v) is 15.9. The average Bonchev–Trinajstić information content (AvgIpc) is 3.18. The fraction of sp³-hybridized carbons (Fsp3) is 0.350. The SMILES string of the molecule is O=C(COc1ccc(S(=O)(=O)NC2CCCC2)cc1)NCc1ccccc1. The second-order valence-corrected chi connectivity index (χ2v) is 8.34. The first kappa shape index (κ1) is 19.4. The van der Waals surface area contributed by atoms with Crippen molar-refractivity contribution in [1.82, 2.24) is 10.0 Å². The molecule has 2 aromatic rings. The summed E-state index contributed by atoms with van der Waals surface area (Å²) in [5.74, 6) is 0.211. The van der Waals surface area contributed by atoms with Crippen molar-refractivity contribution in [2.24, 2.45) is 0 Å². The Labute approximate surface area is 160 Å². The lowest BCUT2D eigenvalue weighted by molar-refractivity contribution is -0.123. The molecule has 0 aliphatic heterocycles. The molecule has 27 heavy (non-hydrogen) atoms. The van der Waals surface area contributed by atoms with E-state index >= 15 is 0 Å². The van der Waals surface area contributed by atoms with Crippen molar-refractivity contribution in [3.8, 4) is 5.75 Å². The summed E-state index contributed by atoms with van der Waals surface area (Å²) in [5, 5.41) is 2.78. The van der Waals surface area contributed by atoms with E-state index in [-0.39, 0.29) is 23.5 Å². The number of sulfonamides is 1. The first-order valence-corrected chi connectivity index (χ1v) is 10.6. The van der Waals surface area contributed by atoms with Crippen LogP contribution >= 0.6 is 0 Å². The molecule has 0 aromatic heterocycles. The molecule has 2 aromatic carbocycles. The predicted molar refractivity (Wildman–Crippen MR) is 103 cm³/mol. The van der Waals surface area contributed by atoms with E-state index in [0.29, 0.717) is 12.3 Å². The molecule has 1 fully saturated rings. The minimum absolute atomic E-state index is 0.0271.